The van der Waals surface area contributed by atoms with Crippen molar-refractivity contribution in [1.82, 2.24) is 4.98 Å². The molecule has 126 valence electrons. The molecule has 5 nitrogen and oxygen atoms in total. The van der Waals surface area contributed by atoms with E-state index in [0.29, 0.717) is 28.9 Å². The average Bonchev–Trinajstić information content (AvgIpc) is 3.11. The van der Waals surface area contributed by atoms with Gasteiger partial charge in [-0.2, -0.15) is 5.26 Å². The summed E-state index contributed by atoms with van der Waals surface area (Å²) >= 11 is 5.99. The molecular weight excluding hydrogens is 326 g/mol. The Kier molecular flexibility index (Phi) is 5.86. The molecule has 1 atom stereocenters. The molecule has 2 aromatic rings. The summed E-state index contributed by atoms with van der Waals surface area (Å²) in [5.41, 5.74) is 1.33. The predicted molar refractivity (Wildman–Crippen MR) is 94.3 cm³/mol. The van der Waals surface area contributed by atoms with E-state index in [1.807, 2.05) is 6.07 Å². The second-order valence-corrected chi connectivity index (χ2v) is 6.35. The molecule has 24 heavy (non-hydrogen) atoms. The molecule has 6 heteroatoms. The number of nitriles is 1. The van der Waals surface area contributed by atoms with Gasteiger partial charge in [-0.05, 0) is 37.1 Å². The Balaban J connectivity index is 1.50. The Morgan fingerprint density at radius 3 is 3.12 bits per heavy atom. The zero-order valence-corrected chi connectivity index (χ0v) is 14.2. The smallest absolute Gasteiger partial charge is 0.127 e. The highest BCUT2D eigenvalue weighted by Gasteiger charge is 2.15. The monoisotopic (exact) mass is 345 g/mol. The number of halogens is 1. The van der Waals surface area contributed by atoms with Gasteiger partial charge in [-0.15, -0.1) is 0 Å². The quantitative estimate of drug-likeness (QED) is 0.776. The van der Waals surface area contributed by atoms with E-state index in [4.69, 9.17) is 21.1 Å². The first-order valence-corrected chi connectivity index (χ1v) is 8.54. The van der Waals surface area contributed by atoms with Gasteiger partial charge in [0.25, 0.3) is 0 Å². The fourth-order valence-corrected chi connectivity index (χ4v) is 2.91. The van der Waals surface area contributed by atoms with Crippen molar-refractivity contribution in [2.24, 2.45) is 5.92 Å². The highest BCUT2D eigenvalue weighted by Crippen LogP contribution is 2.23. The molecule has 1 aliphatic rings. The van der Waals surface area contributed by atoms with E-state index < -0.39 is 0 Å². The van der Waals surface area contributed by atoms with Crippen LogP contribution >= 0.6 is 11.6 Å². The first-order chi connectivity index (χ1) is 11.8. The largest absolute Gasteiger partial charge is 0.381 e. The number of aromatic nitrogens is 1. The third-order valence-electron chi connectivity index (χ3n) is 4.04. The molecule has 1 aromatic heterocycles. The van der Waals surface area contributed by atoms with Gasteiger partial charge in [-0.3, -0.25) is 0 Å². The van der Waals surface area contributed by atoms with Crippen LogP contribution in [-0.2, 0) is 9.47 Å². The summed E-state index contributed by atoms with van der Waals surface area (Å²) in [6.45, 7) is 3.90. The van der Waals surface area contributed by atoms with E-state index in [2.05, 4.69) is 16.4 Å². The molecule has 2 heterocycles. The molecule has 0 saturated carbocycles. The number of ether oxygens (including phenoxy) is 2. The van der Waals surface area contributed by atoms with Gasteiger partial charge in [0.15, 0.2) is 0 Å². The van der Waals surface area contributed by atoms with Gasteiger partial charge in [0.2, 0.25) is 0 Å². The number of pyridine rings is 1. The maximum atomic E-state index is 9.32. The molecule has 0 radical (unpaired) electrons. The second-order valence-electron chi connectivity index (χ2n) is 5.91. The molecule has 0 aliphatic carbocycles. The summed E-state index contributed by atoms with van der Waals surface area (Å²) in [5.74, 6) is 1.25. The van der Waals surface area contributed by atoms with Crippen molar-refractivity contribution >= 4 is 28.3 Å². The van der Waals surface area contributed by atoms with Crippen LogP contribution in [0.2, 0.25) is 5.02 Å². The Bertz CT molecular complexity index is 739. The van der Waals surface area contributed by atoms with Gasteiger partial charge in [-0.25, -0.2) is 4.98 Å². The molecule has 3 rings (SSSR count). The van der Waals surface area contributed by atoms with Crippen molar-refractivity contribution in [2.75, 3.05) is 38.3 Å². The summed E-state index contributed by atoms with van der Waals surface area (Å²) in [7, 11) is 0. The molecule has 0 bridgehead atoms. The van der Waals surface area contributed by atoms with Crippen LogP contribution in [0.25, 0.3) is 10.9 Å². The topological polar surface area (TPSA) is 67.2 Å². The molecule has 1 fully saturated rings. The number of hydrogen-bond acceptors (Lipinski definition) is 5. The van der Waals surface area contributed by atoms with Gasteiger partial charge in [0.05, 0.1) is 30.4 Å². The highest BCUT2D eigenvalue weighted by molar-refractivity contribution is 6.31. The maximum Gasteiger partial charge on any atom is 0.127 e. The minimum absolute atomic E-state index is 0.546. The lowest BCUT2D eigenvalue weighted by molar-refractivity contribution is 0.0897. The highest BCUT2D eigenvalue weighted by atomic mass is 35.5. The second kappa shape index (κ2) is 8.29. The van der Waals surface area contributed by atoms with E-state index >= 15 is 0 Å². The Labute approximate surface area is 146 Å². The molecule has 1 aromatic carbocycles. The Hall–Kier alpha value is -1.87. The number of rotatable bonds is 7. The minimum atomic E-state index is 0.546. The standard InChI is InChI=1S/C18H20ClN3O2/c19-15-2-3-17-16(9-15)14(10-20)8-18(22-17)21-5-1-6-23-11-13-4-7-24-12-13/h2-3,8-9,13H,1,4-7,11-12H2,(H,21,22). The van der Waals surface area contributed by atoms with Crippen LogP contribution in [0.5, 0.6) is 0 Å². The number of benzene rings is 1. The summed E-state index contributed by atoms with van der Waals surface area (Å²) in [4.78, 5) is 4.53. The number of nitrogens with zero attached hydrogens (tertiary/aromatic N) is 2. The predicted octanol–water partition coefficient (Wildman–Crippen LogP) is 3.61. The Morgan fingerprint density at radius 1 is 1.42 bits per heavy atom. The van der Waals surface area contributed by atoms with Crippen LogP contribution in [0.4, 0.5) is 5.82 Å². The van der Waals surface area contributed by atoms with E-state index in [9.17, 15) is 5.26 Å². The van der Waals surface area contributed by atoms with E-state index in [-0.39, 0.29) is 0 Å². The van der Waals surface area contributed by atoms with Crippen LogP contribution in [0.3, 0.4) is 0 Å². The molecule has 0 amide bonds. The van der Waals surface area contributed by atoms with Crippen LogP contribution in [0.1, 0.15) is 18.4 Å². The van der Waals surface area contributed by atoms with Gasteiger partial charge in [-0.1, -0.05) is 11.6 Å². The van der Waals surface area contributed by atoms with Crippen molar-refractivity contribution < 1.29 is 9.47 Å². The van der Waals surface area contributed by atoms with Crippen molar-refractivity contribution in [3.8, 4) is 6.07 Å². The lowest BCUT2D eigenvalue weighted by atomic mass is 10.1. The molecule has 1 unspecified atom stereocenters. The maximum absolute atomic E-state index is 9.32. The van der Waals surface area contributed by atoms with E-state index in [1.54, 1.807) is 18.2 Å². The van der Waals surface area contributed by atoms with Crippen LogP contribution in [0, 0.1) is 17.2 Å². The van der Waals surface area contributed by atoms with Gasteiger partial charge >= 0.3 is 0 Å². The lowest BCUT2D eigenvalue weighted by Gasteiger charge is -2.10. The third-order valence-corrected chi connectivity index (χ3v) is 4.28. The van der Waals surface area contributed by atoms with Crippen LogP contribution < -0.4 is 5.32 Å². The molecule has 1 aliphatic heterocycles. The molecule has 0 spiro atoms. The van der Waals surface area contributed by atoms with Gasteiger partial charge in [0, 0.05) is 36.1 Å². The first-order valence-electron chi connectivity index (χ1n) is 8.16. The van der Waals surface area contributed by atoms with Crippen molar-refractivity contribution in [1.29, 1.82) is 5.26 Å². The van der Waals surface area contributed by atoms with Crippen molar-refractivity contribution in [3.05, 3.63) is 34.9 Å². The molecule has 1 saturated heterocycles. The summed E-state index contributed by atoms with van der Waals surface area (Å²) in [6, 6.07) is 9.34. The van der Waals surface area contributed by atoms with Crippen LogP contribution in [0.15, 0.2) is 24.3 Å². The minimum Gasteiger partial charge on any atom is -0.381 e. The Morgan fingerprint density at radius 2 is 2.33 bits per heavy atom. The summed E-state index contributed by atoms with van der Waals surface area (Å²) in [6.07, 6.45) is 1.98. The van der Waals surface area contributed by atoms with E-state index in [1.165, 1.54) is 0 Å². The normalized spacial score (nSPS) is 17.1. The molecule has 1 N–H and O–H groups in total. The number of anilines is 1. The zero-order chi connectivity index (χ0) is 16.8. The SMILES string of the molecule is N#Cc1cc(NCCCOCC2CCOC2)nc2ccc(Cl)cc12. The van der Waals surface area contributed by atoms with Crippen molar-refractivity contribution in [2.45, 2.75) is 12.8 Å². The van der Waals surface area contributed by atoms with Gasteiger partial charge < -0.3 is 14.8 Å². The van der Waals surface area contributed by atoms with Crippen molar-refractivity contribution in [3.63, 3.8) is 0 Å². The number of fused-ring (bicyclic) bond motifs is 1. The zero-order valence-electron chi connectivity index (χ0n) is 13.4. The summed E-state index contributed by atoms with van der Waals surface area (Å²) in [5, 5.41) is 14.0. The lowest BCUT2D eigenvalue weighted by Crippen LogP contribution is -2.12. The first kappa shape index (κ1) is 17.0. The van der Waals surface area contributed by atoms with Gasteiger partial charge in [0.1, 0.15) is 5.82 Å². The fourth-order valence-electron chi connectivity index (χ4n) is 2.74. The average molecular weight is 346 g/mol. The van der Waals surface area contributed by atoms with Crippen LogP contribution in [-0.4, -0.2) is 38.0 Å². The fraction of sp³-hybridized carbons (Fsp3) is 0.444. The number of nitrogens with one attached hydrogen (secondary N) is 1. The third kappa shape index (κ3) is 4.35. The van der Waals surface area contributed by atoms with E-state index in [0.717, 1.165) is 50.1 Å². The number of hydrogen-bond donors (Lipinski definition) is 1. The molecular formula is C18H20ClN3O2. The summed E-state index contributed by atoms with van der Waals surface area (Å²) < 4.78 is 11.0.